The minimum Gasteiger partial charge on any atom is -0.508 e. The Labute approximate surface area is 241 Å². The third kappa shape index (κ3) is 5.73. The molecule has 2 aliphatic heterocycles. The van der Waals surface area contributed by atoms with Gasteiger partial charge in [0.15, 0.2) is 18.2 Å². The Morgan fingerprint density at radius 1 is 0.721 bits per heavy atom. The monoisotopic (exact) mass is 610 g/mol. The summed E-state index contributed by atoms with van der Waals surface area (Å²) in [7, 11) is 0. The van der Waals surface area contributed by atoms with Crippen LogP contribution in [0.4, 0.5) is 0 Å². The topological polar surface area (TPSA) is 269 Å². The summed E-state index contributed by atoms with van der Waals surface area (Å²) in [6.45, 7) is -1.63. The minimum atomic E-state index is -1.93. The molecule has 2 saturated heterocycles. The van der Waals surface area contributed by atoms with E-state index >= 15 is 0 Å². The third-order valence-corrected chi connectivity index (χ3v) is 7.25. The van der Waals surface area contributed by atoms with Crippen LogP contribution in [0.2, 0.25) is 0 Å². The molecule has 234 valence electrons. The Balaban J connectivity index is 1.60. The zero-order valence-electron chi connectivity index (χ0n) is 22.1. The standard InChI is InChI=1S/C27H30O16/c28-7-14-17(33)20(36)22(38)26(40-14)43-25-21(37)18(34)15(8-29)41-27(25)42-24-19(35)16-12(32)5-11(31)6-13(16)39-23(24)9-1-3-10(30)4-2-9/h1-6,14-15,17-18,20-22,25-34,36-38H,7-8H2/t14-,15-,17+,18-,20+,21+,22-,25-,26+,27+/m0/s1. The number of aliphatic hydroxyl groups excluding tert-OH is 7. The van der Waals surface area contributed by atoms with Gasteiger partial charge in [-0.3, -0.25) is 4.79 Å². The summed E-state index contributed by atoms with van der Waals surface area (Å²) < 4.78 is 28.3. The molecule has 2 aromatic carbocycles. The van der Waals surface area contributed by atoms with Crippen molar-refractivity contribution in [3.8, 4) is 34.3 Å². The average Bonchev–Trinajstić information content (AvgIpc) is 2.97. The second kappa shape index (κ2) is 12.2. The molecule has 0 amide bonds. The summed E-state index contributed by atoms with van der Waals surface area (Å²) in [5.41, 5.74) is -1.07. The molecule has 2 fully saturated rings. The second-order valence-corrected chi connectivity index (χ2v) is 10.1. The third-order valence-electron chi connectivity index (χ3n) is 7.25. The zero-order chi connectivity index (χ0) is 31.2. The van der Waals surface area contributed by atoms with E-state index < -0.39 is 103 Å². The van der Waals surface area contributed by atoms with Gasteiger partial charge in [0.25, 0.3) is 0 Å². The maximum atomic E-state index is 13.7. The summed E-state index contributed by atoms with van der Waals surface area (Å²) in [5, 5.41) is 101. The summed E-state index contributed by atoms with van der Waals surface area (Å²) in [6.07, 6.45) is -17.7. The van der Waals surface area contributed by atoms with Crippen LogP contribution in [-0.4, -0.2) is 126 Å². The lowest BCUT2D eigenvalue weighted by Gasteiger charge is -2.45. The van der Waals surface area contributed by atoms with Gasteiger partial charge in [-0.1, -0.05) is 0 Å². The summed E-state index contributed by atoms with van der Waals surface area (Å²) in [6, 6.07) is 7.20. The van der Waals surface area contributed by atoms with E-state index in [4.69, 9.17) is 23.4 Å². The van der Waals surface area contributed by atoms with E-state index in [2.05, 4.69) is 0 Å². The van der Waals surface area contributed by atoms with Crippen molar-refractivity contribution < 1.29 is 74.4 Å². The number of rotatable bonds is 7. The molecule has 0 radical (unpaired) electrons. The van der Waals surface area contributed by atoms with Crippen LogP contribution in [0.3, 0.4) is 0 Å². The zero-order valence-corrected chi connectivity index (χ0v) is 22.1. The van der Waals surface area contributed by atoms with Crippen LogP contribution in [0.15, 0.2) is 45.6 Å². The van der Waals surface area contributed by atoms with Crippen molar-refractivity contribution in [1.29, 1.82) is 0 Å². The average molecular weight is 611 g/mol. The lowest BCUT2D eigenvalue weighted by molar-refractivity contribution is -0.358. The van der Waals surface area contributed by atoms with Crippen LogP contribution in [0.1, 0.15) is 0 Å². The molecule has 3 aromatic rings. The quantitative estimate of drug-likeness (QED) is 0.133. The predicted molar refractivity (Wildman–Crippen MR) is 140 cm³/mol. The van der Waals surface area contributed by atoms with Crippen LogP contribution in [0.25, 0.3) is 22.3 Å². The first-order valence-corrected chi connectivity index (χ1v) is 13.0. The number of phenolic OH excluding ortho intramolecular Hbond substituents is 3. The Morgan fingerprint density at radius 3 is 1.95 bits per heavy atom. The first kappa shape index (κ1) is 30.9. The van der Waals surface area contributed by atoms with E-state index in [0.717, 1.165) is 12.1 Å². The summed E-state index contributed by atoms with van der Waals surface area (Å²) in [5.74, 6) is -2.15. The van der Waals surface area contributed by atoms with Gasteiger partial charge in [-0.2, -0.15) is 0 Å². The van der Waals surface area contributed by atoms with Crippen molar-refractivity contribution in [3.63, 3.8) is 0 Å². The first-order valence-electron chi connectivity index (χ1n) is 13.0. The minimum absolute atomic E-state index is 0.129. The van der Waals surface area contributed by atoms with Crippen molar-refractivity contribution >= 4 is 11.0 Å². The predicted octanol–water partition coefficient (Wildman–Crippen LogP) is -2.42. The molecule has 16 heteroatoms. The summed E-state index contributed by atoms with van der Waals surface area (Å²) >= 11 is 0. The van der Waals surface area contributed by atoms with Gasteiger partial charge < -0.3 is 74.4 Å². The SMILES string of the molecule is O=c1c(O[C@H]2O[C@@H](CO)[C@H](O)[C@@H](O)[C@@H]2O[C@H]2O[C@@H](CO)[C@@H](O)[C@@H](O)[C@@H]2O)c(-c2ccc(O)cc2)oc2cc(O)cc(O)c12. The molecule has 10 N–H and O–H groups in total. The molecule has 3 heterocycles. The van der Waals surface area contributed by atoms with Gasteiger partial charge in [0, 0.05) is 17.7 Å². The molecule has 5 rings (SSSR count). The fourth-order valence-electron chi connectivity index (χ4n) is 4.92. The van der Waals surface area contributed by atoms with Gasteiger partial charge >= 0.3 is 0 Å². The number of phenols is 3. The van der Waals surface area contributed by atoms with Crippen molar-refractivity contribution in [2.45, 2.75) is 61.4 Å². The van der Waals surface area contributed by atoms with Gasteiger partial charge in [-0.05, 0) is 24.3 Å². The Morgan fingerprint density at radius 2 is 1.33 bits per heavy atom. The number of hydrogen-bond donors (Lipinski definition) is 10. The highest BCUT2D eigenvalue weighted by Crippen LogP contribution is 2.38. The maximum Gasteiger partial charge on any atom is 0.239 e. The molecule has 1 aromatic heterocycles. The van der Waals surface area contributed by atoms with Crippen LogP contribution in [0.5, 0.6) is 23.0 Å². The van der Waals surface area contributed by atoms with Gasteiger partial charge in [-0.25, -0.2) is 0 Å². The molecule has 0 aliphatic carbocycles. The normalized spacial score (nSPS) is 33.0. The first-order chi connectivity index (χ1) is 20.4. The number of benzene rings is 2. The Hall–Kier alpha value is -3.55. The second-order valence-electron chi connectivity index (χ2n) is 10.1. The molecule has 0 saturated carbocycles. The number of aliphatic hydroxyl groups is 7. The number of fused-ring (bicyclic) bond motifs is 1. The Bertz CT molecular complexity index is 1490. The number of aromatic hydroxyl groups is 3. The highest BCUT2D eigenvalue weighted by atomic mass is 16.8. The van der Waals surface area contributed by atoms with Crippen LogP contribution in [-0.2, 0) is 14.2 Å². The maximum absolute atomic E-state index is 13.7. The van der Waals surface area contributed by atoms with Crippen LogP contribution >= 0.6 is 0 Å². The van der Waals surface area contributed by atoms with E-state index in [1.807, 2.05) is 0 Å². The molecule has 43 heavy (non-hydrogen) atoms. The Kier molecular flexibility index (Phi) is 8.77. The lowest BCUT2D eigenvalue weighted by atomic mass is 9.97. The van der Waals surface area contributed by atoms with E-state index in [-0.39, 0.29) is 22.7 Å². The van der Waals surface area contributed by atoms with Crippen molar-refractivity contribution in [2.75, 3.05) is 13.2 Å². The molecular formula is C27H30O16. The number of hydrogen-bond acceptors (Lipinski definition) is 16. The van der Waals surface area contributed by atoms with Crippen LogP contribution < -0.4 is 10.2 Å². The van der Waals surface area contributed by atoms with Gasteiger partial charge in [0.2, 0.25) is 17.5 Å². The van der Waals surface area contributed by atoms with E-state index in [1.54, 1.807) is 0 Å². The van der Waals surface area contributed by atoms with E-state index in [0.29, 0.717) is 0 Å². The summed E-state index contributed by atoms with van der Waals surface area (Å²) in [4.78, 5) is 13.7. The fraction of sp³-hybridized carbons (Fsp3) is 0.444. The van der Waals surface area contributed by atoms with Gasteiger partial charge in [0.1, 0.15) is 70.9 Å². The molecule has 16 nitrogen and oxygen atoms in total. The van der Waals surface area contributed by atoms with Gasteiger partial charge in [0.05, 0.1) is 13.2 Å². The van der Waals surface area contributed by atoms with E-state index in [9.17, 15) is 55.9 Å². The van der Waals surface area contributed by atoms with Crippen LogP contribution in [0, 0.1) is 0 Å². The smallest absolute Gasteiger partial charge is 0.239 e. The molecule has 10 atom stereocenters. The van der Waals surface area contributed by atoms with Gasteiger partial charge in [-0.15, -0.1) is 0 Å². The highest BCUT2D eigenvalue weighted by molar-refractivity contribution is 5.88. The molecule has 0 spiro atoms. The molecule has 2 aliphatic rings. The lowest BCUT2D eigenvalue weighted by Crippen LogP contribution is -2.65. The van der Waals surface area contributed by atoms with E-state index in [1.165, 1.54) is 24.3 Å². The fourth-order valence-corrected chi connectivity index (χ4v) is 4.92. The molecule has 0 bridgehead atoms. The van der Waals surface area contributed by atoms with Crippen molar-refractivity contribution in [2.24, 2.45) is 0 Å². The van der Waals surface area contributed by atoms with Crippen molar-refractivity contribution in [3.05, 3.63) is 46.6 Å². The molecule has 0 unspecified atom stereocenters. The number of ether oxygens (including phenoxy) is 4. The largest absolute Gasteiger partial charge is 0.508 e. The molecular weight excluding hydrogens is 580 g/mol. The highest BCUT2D eigenvalue weighted by Gasteiger charge is 2.51. The van der Waals surface area contributed by atoms with Crippen molar-refractivity contribution in [1.82, 2.24) is 0 Å².